The van der Waals surface area contributed by atoms with Crippen molar-refractivity contribution in [3.8, 4) is 5.75 Å². The Morgan fingerprint density at radius 3 is 2.63 bits per heavy atom. The molecule has 1 aromatic heterocycles. The average Bonchev–Trinajstić information content (AvgIpc) is 2.39. The normalized spacial score (nSPS) is 10.5. The van der Waals surface area contributed by atoms with Crippen LogP contribution in [0.15, 0.2) is 48.8 Å². The SMILES string of the molecule is CC(C)Oc1cccc(C(=O)Cc2ccncc2)c1. The molecular formula is C16H17NO2. The number of rotatable bonds is 5. The summed E-state index contributed by atoms with van der Waals surface area (Å²) in [7, 11) is 0. The molecule has 1 heterocycles. The first-order valence-electron chi connectivity index (χ1n) is 6.34. The van der Waals surface area contributed by atoms with E-state index in [0.29, 0.717) is 12.0 Å². The predicted molar refractivity (Wildman–Crippen MR) is 74.5 cm³/mol. The number of nitrogens with zero attached hydrogens (tertiary/aromatic N) is 1. The molecule has 0 radical (unpaired) electrons. The molecule has 0 saturated heterocycles. The number of hydrogen-bond acceptors (Lipinski definition) is 3. The number of pyridine rings is 1. The van der Waals surface area contributed by atoms with Gasteiger partial charge in [0.25, 0.3) is 0 Å². The molecule has 0 aliphatic heterocycles. The fraction of sp³-hybridized carbons (Fsp3) is 0.250. The molecule has 3 heteroatoms. The molecular weight excluding hydrogens is 238 g/mol. The summed E-state index contributed by atoms with van der Waals surface area (Å²) < 4.78 is 5.59. The van der Waals surface area contributed by atoms with Crippen LogP contribution in [0.3, 0.4) is 0 Å². The van der Waals surface area contributed by atoms with Crippen molar-refractivity contribution in [3.63, 3.8) is 0 Å². The Kier molecular flexibility index (Phi) is 4.29. The number of ketones is 1. The predicted octanol–water partition coefficient (Wildman–Crippen LogP) is 3.29. The summed E-state index contributed by atoms with van der Waals surface area (Å²) >= 11 is 0. The van der Waals surface area contributed by atoms with Crippen LogP contribution >= 0.6 is 0 Å². The molecule has 0 N–H and O–H groups in total. The smallest absolute Gasteiger partial charge is 0.167 e. The van der Waals surface area contributed by atoms with E-state index in [4.69, 9.17) is 4.74 Å². The Balaban J connectivity index is 2.11. The first kappa shape index (κ1) is 13.3. The lowest BCUT2D eigenvalue weighted by Crippen LogP contribution is -2.07. The van der Waals surface area contributed by atoms with Crippen LogP contribution in [0, 0.1) is 0 Å². The zero-order chi connectivity index (χ0) is 13.7. The van der Waals surface area contributed by atoms with Crippen molar-refractivity contribution >= 4 is 5.78 Å². The van der Waals surface area contributed by atoms with E-state index >= 15 is 0 Å². The molecule has 2 rings (SSSR count). The fourth-order valence-corrected chi connectivity index (χ4v) is 1.80. The van der Waals surface area contributed by atoms with Gasteiger partial charge in [-0.2, -0.15) is 0 Å². The van der Waals surface area contributed by atoms with Crippen molar-refractivity contribution in [3.05, 3.63) is 59.9 Å². The standard InChI is InChI=1S/C16H17NO2/c1-12(2)19-15-5-3-4-14(11-15)16(18)10-13-6-8-17-9-7-13/h3-9,11-12H,10H2,1-2H3. The molecule has 98 valence electrons. The summed E-state index contributed by atoms with van der Waals surface area (Å²) in [6, 6.07) is 11.0. The van der Waals surface area contributed by atoms with E-state index in [1.165, 1.54) is 0 Å². The van der Waals surface area contributed by atoms with Gasteiger partial charge in [0, 0.05) is 24.4 Å². The Morgan fingerprint density at radius 2 is 1.95 bits per heavy atom. The molecule has 0 saturated carbocycles. The number of hydrogen-bond donors (Lipinski definition) is 0. The number of ether oxygens (including phenoxy) is 1. The van der Waals surface area contributed by atoms with Crippen LogP contribution in [0.5, 0.6) is 5.75 Å². The highest BCUT2D eigenvalue weighted by Crippen LogP contribution is 2.16. The Hall–Kier alpha value is -2.16. The zero-order valence-electron chi connectivity index (χ0n) is 11.2. The van der Waals surface area contributed by atoms with Crippen LogP contribution in [0.25, 0.3) is 0 Å². The van der Waals surface area contributed by atoms with E-state index in [1.807, 2.05) is 44.2 Å². The molecule has 0 amide bonds. The molecule has 0 unspecified atom stereocenters. The van der Waals surface area contributed by atoms with Gasteiger partial charge in [-0.15, -0.1) is 0 Å². The fourth-order valence-electron chi connectivity index (χ4n) is 1.80. The van der Waals surface area contributed by atoms with E-state index in [2.05, 4.69) is 4.98 Å². The van der Waals surface area contributed by atoms with Gasteiger partial charge in [0.05, 0.1) is 6.10 Å². The van der Waals surface area contributed by atoms with E-state index in [1.54, 1.807) is 18.5 Å². The zero-order valence-corrected chi connectivity index (χ0v) is 11.2. The Bertz CT molecular complexity index is 550. The highest BCUT2D eigenvalue weighted by atomic mass is 16.5. The molecule has 0 spiro atoms. The minimum Gasteiger partial charge on any atom is -0.491 e. The molecule has 0 bridgehead atoms. The highest BCUT2D eigenvalue weighted by molar-refractivity contribution is 5.97. The van der Waals surface area contributed by atoms with Crippen molar-refractivity contribution < 1.29 is 9.53 Å². The summed E-state index contributed by atoms with van der Waals surface area (Å²) in [4.78, 5) is 16.1. The van der Waals surface area contributed by atoms with Crippen LogP contribution in [0.1, 0.15) is 29.8 Å². The molecule has 0 fully saturated rings. The summed E-state index contributed by atoms with van der Waals surface area (Å²) in [6.07, 6.45) is 3.88. The third kappa shape index (κ3) is 3.91. The quantitative estimate of drug-likeness (QED) is 0.769. The monoisotopic (exact) mass is 255 g/mol. The lowest BCUT2D eigenvalue weighted by atomic mass is 10.0. The number of carbonyl (C=O) groups excluding carboxylic acids is 1. The van der Waals surface area contributed by atoms with Gasteiger partial charge < -0.3 is 4.74 Å². The molecule has 0 aliphatic carbocycles. The minimum absolute atomic E-state index is 0.0837. The van der Waals surface area contributed by atoms with Crippen molar-refractivity contribution in [1.82, 2.24) is 4.98 Å². The lowest BCUT2D eigenvalue weighted by Gasteiger charge is -2.10. The maximum absolute atomic E-state index is 12.2. The molecule has 19 heavy (non-hydrogen) atoms. The third-order valence-electron chi connectivity index (χ3n) is 2.64. The molecule has 2 aromatic rings. The second kappa shape index (κ2) is 6.14. The van der Waals surface area contributed by atoms with Crippen molar-refractivity contribution in [2.24, 2.45) is 0 Å². The number of carbonyl (C=O) groups is 1. The second-order valence-electron chi connectivity index (χ2n) is 4.65. The van der Waals surface area contributed by atoms with Gasteiger partial charge in [-0.1, -0.05) is 12.1 Å². The second-order valence-corrected chi connectivity index (χ2v) is 4.65. The van der Waals surface area contributed by atoms with Crippen LogP contribution < -0.4 is 4.74 Å². The third-order valence-corrected chi connectivity index (χ3v) is 2.64. The molecule has 3 nitrogen and oxygen atoms in total. The largest absolute Gasteiger partial charge is 0.491 e. The van der Waals surface area contributed by atoms with Crippen LogP contribution in [-0.2, 0) is 6.42 Å². The lowest BCUT2D eigenvalue weighted by molar-refractivity contribution is 0.0992. The maximum atomic E-state index is 12.2. The highest BCUT2D eigenvalue weighted by Gasteiger charge is 2.08. The van der Waals surface area contributed by atoms with Gasteiger partial charge in [0.15, 0.2) is 5.78 Å². The summed E-state index contributed by atoms with van der Waals surface area (Å²) in [5, 5.41) is 0. The molecule has 1 aromatic carbocycles. The topological polar surface area (TPSA) is 39.2 Å². The van der Waals surface area contributed by atoms with Gasteiger partial charge in [0.2, 0.25) is 0 Å². The number of Topliss-reactive ketones (excluding diaryl/α,β-unsaturated/α-hetero) is 1. The average molecular weight is 255 g/mol. The van der Waals surface area contributed by atoms with Crippen molar-refractivity contribution in [2.45, 2.75) is 26.4 Å². The summed E-state index contributed by atoms with van der Waals surface area (Å²) in [6.45, 7) is 3.93. The minimum atomic E-state index is 0.0837. The molecule has 0 aliphatic rings. The first-order valence-corrected chi connectivity index (χ1v) is 6.34. The van der Waals surface area contributed by atoms with E-state index < -0.39 is 0 Å². The van der Waals surface area contributed by atoms with E-state index in [-0.39, 0.29) is 11.9 Å². The van der Waals surface area contributed by atoms with Gasteiger partial charge in [0.1, 0.15) is 5.75 Å². The van der Waals surface area contributed by atoms with E-state index in [9.17, 15) is 4.79 Å². The summed E-state index contributed by atoms with van der Waals surface area (Å²) in [5.41, 5.74) is 1.64. The van der Waals surface area contributed by atoms with E-state index in [0.717, 1.165) is 11.3 Å². The van der Waals surface area contributed by atoms with Crippen LogP contribution in [0.4, 0.5) is 0 Å². The van der Waals surface area contributed by atoms with Gasteiger partial charge >= 0.3 is 0 Å². The van der Waals surface area contributed by atoms with Crippen LogP contribution in [-0.4, -0.2) is 16.9 Å². The van der Waals surface area contributed by atoms with Gasteiger partial charge in [-0.3, -0.25) is 9.78 Å². The maximum Gasteiger partial charge on any atom is 0.167 e. The van der Waals surface area contributed by atoms with Gasteiger partial charge in [-0.05, 0) is 43.7 Å². The summed E-state index contributed by atoms with van der Waals surface area (Å²) in [5.74, 6) is 0.816. The van der Waals surface area contributed by atoms with Crippen LogP contribution in [0.2, 0.25) is 0 Å². The van der Waals surface area contributed by atoms with Gasteiger partial charge in [-0.25, -0.2) is 0 Å². The first-order chi connectivity index (χ1) is 9.15. The number of aromatic nitrogens is 1. The molecule has 0 atom stereocenters. The Morgan fingerprint density at radius 1 is 1.21 bits per heavy atom. The van der Waals surface area contributed by atoms with Crippen molar-refractivity contribution in [1.29, 1.82) is 0 Å². The van der Waals surface area contributed by atoms with Crippen molar-refractivity contribution in [2.75, 3.05) is 0 Å². The number of benzene rings is 1. The Labute approximate surface area is 113 Å².